The largest absolute Gasteiger partial charge is 0.341 e. The number of nitrogens with one attached hydrogen (secondary N) is 1. The molecular formula is C17H24BrN3O2. The average molecular weight is 382 g/mol. The van der Waals surface area contributed by atoms with Crippen LogP contribution in [0.15, 0.2) is 28.7 Å². The standard InChI is InChI=1S/C17H24BrN3O2/c1-3-8-20-9-11-21(12-10-20)17(23)13(2)19-16(22)14-4-6-15(18)7-5-14/h4-7,13H,3,8-12H2,1-2H3,(H,19,22)/t13-/m1/s1. The normalized spacial score (nSPS) is 16.9. The molecule has 0 unspecified atom stereocenters. The van der Waals surface area contributed by atoms with E-state index in [0.717, 1.165) is 43.6 Å². The highest BCUT2D eigenvalue weighted by Gasteiger charge is 2.25. The van der Waals surface area contributed by atoms with Gasteiger partial charge in [0.25, 0.3) is 5.91 Å². The van der Waals surface area contributed by atoms with Gasteiger partial charge in [-0.25, -0.2) is 0 Å². The van der Waals surface area contributed by atoms with Gasteiger partial charge in [0.1, 0.15) is 6.04 Å². The first-order valence-electron chi connectivity index (χ1n) is 8.09. The lowest BCUT2D eigenvalue weighted by molar-refractivity contribution is -0.134. The van der Waals surface area contributed by atoms with Crippen LogP contribution >= 0.6 is 15.9 Å². The lowest BCUT2D eigenvalue weighted by Gasteiger charge is -2.35. The molecule has 1 heterocycles. The van der Waals surface area contributed by atoms with Crippen LogP contribution in [0.4, 0.5) is 0 Å². The highest BCUT2D eigenvalue weighted by atomic mass is 79.9. The van der Waals surface area contributed by atoms with E-state index in [9.17, 15) is 9.59 Å². The van der Waals surface area contributed by atoms with Gasteiger partial charge < -0.3 is 10.2 Å². The van der Waals surface area contributed by atoms with E-state index in [0.29, 0.717) is 5.56 Å². The van der Waals surface area contributed by atoms with Crippen LogP contribution in [0.5, 0.6) is 0 Å². The van der Waals surface area contributed by atoms with Gasteiger partial charge in [-0.05, 0) is 44.2 Å². The molecule has 23 heavy (non-hydrogen) atoms. The average Bonchev–Trinajstić information content (AvgIpc) is 2.55. The minimum Gasteiger partial charge on any atom is -0.341 e. The maximum atomic E-state index is 12.5. The fraction of sp³-hybridized carbons (Fsp3) is 0.529. The fourth-order valence-electron chi connectivity index (χ4n) is 2.72. The molecule has 6 heteroatoms. The minimum atomic E-state index is -0.510. The summed E-state index contributed by atoms with van der Waals surface area (Å²) < 4.78 is 0.920. The molecule has 2 rings (SSSR count). The van der Waals surface area contributed by atoms with Crippen molar-refractivity contribution < 1.29 is 9.59 Å². The molecule has 1 aromatic rings. The molecule has 0 aliphatic carbocycles. The van der Waals surface area contributed by atoms with Crippen molar-refractivity contribution >= 4 is 27.7 Å². The van der Waals surface area contributed by atoms with Crippen LogP contribution in [0.1, 0.15) is 30.6 Å². The van der Waals surface area contributed by atoms with E-state index in [1.54, 1.807) is 19.1 Å². The van der Waals surface area contributed by atoms with Gasteiger partial charge in [0.15, 0.2) is 0 Å². The van der Waals surface area contributed by atoms with Crippen molar-refractivity contribution in [1.29, 1.82) is 0 Å². The van der Waals surface area contributed by atoms with Crippen molar-refractivity contribution in [2.45, 2.75) is 26.3 Å². The molecule has 0 aromatic heterocycles. The van der Waals surface area contributed by atoms with Crippen molar-refractivity contribution in [1.82, 2.24) is 15.1 Å². The van der Waals surface area contributed by atoms with Crippen molar-refractivity contribution in [3.63, 3.8) is 0 Å². The highest BCUT2D eigenvalue weighted by Crippen LogP contribution is 2.11. The summed E-state index contributed by atoms with van der Waals surface area (Å²) in [5.74, 6) is -0.227. The molecule has 0 spiro atoms. The topological polar surface area (TPSA) is 52.6 Å². The lowest BCUT2D eigenvalue weighted by Crippen LogP contribution is -2.54. The van der Waals surface area contributed by atoms with E-state index in [1.165, 1.54) is 0 Å². The molecule has 1 saturated heterocycles. The molecule has 0 bridgehead atoms. The monoisotopic (exact) mass is 381 g/mol. The third-order valence-corrected chi connectivity index (χ3v) is 4.58. The molecule has 1 aliphatic rings. The molecule has 1 atom stereocenters. The number of rotatable bonds is 5. The number of carbonyl (C=O) groups is 2. The van der Waals surface area contributed by atoms with Crippen LogP contribution < -0.4 is 5.32 Å². The first kappa shape index (κ1) is 17.9. The summed E-state index contributed by atoms with van der Waals surface area (Å²) >= 11 is 3.34. The predicted octanol–water partition coefficient (Wildman–Crippen LogP) is 2.12. The Balaban J connectivity index is 1.85. The number of carbonyl (C=O) groups excluding carboxylic acids is 2. The summed E-state index contributed by atoms with van der Waals surface area (Å²) in [6.45, 7) is 8.28. The van der Waals surface area contributed by atoms with E-state index in [2.05, 4.69) is 33.1 Å². The first-order chi connectivity index (χ1) is 11.0. The van der Waals surface area contributed by atoms with Crippen molar-refractivity contribution in [3.05, 3.63) is 34.3 Å². The van der Waals surface area contributed by atoms with Crippen LogP contribution in [0.2, 0.25) is 0 Å². The maximum Gasteiger partial charge on any atom is 0.251 e. The smallest absolute Gasteiger partial charge is 0.251 e. The van der Waals surface area contributed by atoms with Crippen molar-refractivity contribution in [3.8, 4) is 0 Å². The summed E-state index contributed by atoms with van der Waals surface area (Å²) in [5, 5.41) is 2.79. The number of nitrogens with zero attached hydrogens (tertiary/aromatic N) is 2. The SMILES string of the molecule is CCCN1CCN(C(=O)[C@@H](C)NC(=O)c2ccc(Br)cc2)CC1. The molecule has 126 valence electrons. The van der Waals surface area contributed by atoms with E-state index >= 15 is 0 Å². The molecule has 0 radical (unpaired) electrons. The number of hydrogen-bond acceptors (Lipinski definition) is 3. The second kappa shape index (κ2) is 8.45. The third kappa shape index (κ3) is 5.04. The number of amides is 2. The molecule has 5 nitrogen and oxygen atoms in total. The number of hydrogen-bond donors (Lipinski definition) is 1. The van der Waals surface area contributed by atoms with Crippen LogP contribution in [0.25, 0.3) is 0 Å². The fourth-order valence-corrected chi connectivity index (χ4v) is 2.99. The molecule has 1 N–H and O–H groups in total. The lowest BCUT2D eigenvalue weighted by atomic mass is 10.2. The number of piperazine rings is 1. The second-order valence-corrected chi connectivity index (χ2v) is 6.78. The van der Waals surface area contributed by atoms with Crippen LogP contribution in [-0.4, -0.2) is 60.4 Å². The molecule has 2 amide bonds. The van der Waals surface area contributed by atoms with Crippen molar-refractivity contribution in [2.75, 3.05) is 32.7 Å². The Hall–Kier alpha value is -1.40. The molecule has 0 saturated carbocycles. The van der Waals surface area contributed by atoms with Crippen LogP contribution in [-0.2, 0) is 4.79 Å². The van der Waals surface area contributed by atoms with E-state index < -0.39 is 6.04 Å². The van der Waals surface area contributed by atoms with E-state index in [4.69, 9.17) is 0 Å². The summed E-state index contributed by atoms with van der Waals surface area (Å²) in [5.41, 5.74) is 0.556. The second-order valence-electron chi connectivity index (χ2n) is 5.87. The Morgan fingerprint density at radius 2 is 1.78 bits per heavy atom. The Labute approximate surface area is 146 Å². The van der Waals surface area contributed by atoms with Gasteiger partial charge in [-0.2, -0.15) is 0 Å². The van der Waals surface area contributed by atoms with Gasteiger partial charge in [-0.3, -0.25) is 14.5 Å². The third-order valence-electron chi connectivity index (χ3n) is 4.05. The quantitative estimate of drug-likeness (QED) is 0.849. The minimum absolute atomic E-state index is 0.00777. The Morgan fingerprint density at radius 3 is 2.35 bits per heavy atom. The molecular weight excluding hydrogens is 358 g/mol. The van der Waals surface area contributed by atoms with Gasteiger partial charge in [0.05, 0.1) is 0 Å². The van der Waals surface area contributed by atoms with Gasteiger partial charge in [0, 0.05) is 36.2 Å². The van der Waals surface area contributed by atoms with Gasteiger partial charge in [0.2, 0.25) is 5.91 Å². The molecule has 1 aliphatic heterocycles. The number of halogens is 1. The van der Waals surface area contributed by atoms with Crippen molar-refractivity contribution in [2.24, 2.45) is 0 Å². The zero-order valence-electron chi connectivity index (χ0n) is 13.7. The maximum absolute atomic E-state index is 12.5. The molecule has 1 aromatic carbocycles. The molecule has 1 fully saturated rings. The Kier molecular flexibility index (Phi) is 6.59. The van der Waals surface area contributed by atoms with Gasteiger partial charge in [-0.1, -0.05) is 22.9 Å². The predicted molar refractivity (Wildman–Crippen MR) is 94.4 cm³/mol. The zero-order chi connectivity index (χ0) is 16.8. The van der Waals surface area contributed by atoms with Crippen LogP contribution in [0, 0.1) is 0 Å². The summed E-state index contributed by atoms with van der Waals surface area (Å²) in [7, 11) is 0. The zero-order valence-corrected chi connectivity index (χ0v) is 15.3. The summed E-state index contributed by atoms with van der Waals surface area (Å²) in [6.07, 6.45) is 1.13. The van der Waals surface area contributed by atoms with Gasteiger partial charge >= 0.3 is 0 Å². The number of benzene rings is 1. The van der Waals surface area contributed by atoms with E-state index in [-0.39, 0.29) is 11.8 Å². The highest BCUT2D eigenvalue weighted by molar-refractivity contribution is 9.10. The summed E-state index contributed by atoms with van der Waals surface area (Å²) in [6, 6.07) is 6.59. The van der Waals surface area contributed by atoms with Gasteiger partial charge in [-0.15, -0.1) is 0 Å². The summed E-state index contributed by atoms with van der Waals surface area (Å²) in [4.78, 5) is 28.9. The first-order valence-corrected chi connectivity index (χ1v) is 8.88. The Bertz CT molecular complexity index is 539. The Morgan fingerprint density at radius 1 is 1.17 bits per heavy atom. The van der Waals surface area contributed by atoms with Crippen LogP contribution in [0.3, 0.4) is 0 Å². The van der Waals surface area contributed by atoms with E-state index in [1.807, 2.05) is 17.0 Å².